The molecule has 20 heavy (non-hydrogen) atoms. The molecule has 0 unspecified atom stereocenters. The van der Waals surface area contributed by atoms with E-state index in [1.54, 1.807) is 7.11 Å². The van der Waals surface area contributed by atoms with E-state index in [9.17, 15) is 5.11 Å². The van der Waals surface area contributed by atoms with Crippen LogP contribution in [0.2, 0.25) is 0 Å². The molecule has 1 aromatic heterocycles. The summed E-state index contributed by atoms with van der Waals surface area (Å²) in [6.07, 6.45) is 3.29. The number of rotatable bonds is 5. The minimum atomic E-state index is -0.645. The summed E-state index contributed by atoms with van der Waals surface area (Å²) in [5.74, 6) is 0.991. The molecule has 1 N–H and O–H groups in total. The van der Waals surface area contributed by atoms with Crippen LogP contribution in [0.1, 0.15) is 32.0 Å². The van der Waals surface area contributed by atoms with Crippen LogP contribution in [0, 0.1) is 0 Å². The number of nitrogens with zero attached hydrogens (tertiary/aromatic N) is 2. The zero-order valence-corrected chi connectivity index (χ0v) is 12.2. The highest BCUT2D eigenvalue weighted by Crippen LogP contribution is 2.37. The maximum Gasteiger partial charge on any atom is 0.112 e. The third-order valence-corrected chi connectivity index (χ3v) is 4.22. The molecular weight excluding hydrogens is 252 g/mol. The Kier molecular flexibility index (Phi) is 3.52. The minimum absolute atomic E-state index is 0.198. The molecule has 108 valence electrons. The van der Waals surface area contributed by atoms with Gasteiger partial charge in [0.2, 0.25) is 0 Å². The normalized spacial score (nSPS) is 25.9. The molecule has 1 aromatic carbocycles. The molecule has 1 aliphatic rings. The Labute approximate surface area is 119 Å². The molecule has 4 heteroatoms. The molecule has 1 saturated carbocycles. The Morgan fingerprint density at radius 3 is 2.85 bits per heavy atom. The van der Waals surface area contributed by atoms with Crippen molar-refractivity contribution < 1.29 is 9.84 Å². The number of para-hydroxylation sites is 2. The molecule has 0 bridgehead atoms. The summed E-state index contributed by atoms with van der Waals surface area (Å²) in [5.41, 5.74) is 1.53. The van der Waals surface area contributed by atoms with Gasteiger partial charge in [-0.25, -0.2) is 4.98 Å². The van der Waals surface area contributed by atoms with Crippen LogP contribution in [0.25, 0.3) is 11.0 Å². The predicted molar refractivity (Wildman–Crippen MR) is 78.7 cm³/mol. The fourth-order valence-corrected chi connectivity index (χ4v) is 3.13. The summed E-state index contributed by atoms with van der Waals surface area (Å²) in [7, 11) is 1.70. The number of methoxy groups -OCH3 is 1. The SMILES string of the molecule is CCCn1c(CC2(O)CC(OC)C2)nc2ccccc21. The van der Waals surface area contributed by atoms with Crippen molar-refractivity contribution in [2.45, 2.75) is 50.9 Å². The fourth-order valence-electron chi connectivity index (χ4n) is 3.13. The molecule has 1 fully saturated rings. The van der Waals surface area contributed by atoms with Crippen LogP contribution in [-0.2, 0) is 17.7 Å². The summed E-state index contributed by atoms with van der Waals surface area (Å²) in [6.45, 7) is 3.11. The van der Waals surface area contributed by atoms with Crippen molar-refractivity contribution in [2.24, 2.45) is 0 Å². The molecule has 0 atom stereocenters. The van der Waals surface area contributed by atoms with Crippen molar-refractivity contribution >= 4 is 11.0 Å². The van der Waals surface area contributed by atoms with Crippen LogP contribution >= 0.6 is 0 Å². The maximum atomic E-state index is 10.5. The van der Waals surface area contributed by atoms with Gasteiger partial charge in [-0.3, -0.25) is 0 Å². The van der Waals surface area contributed by atoms with E-state index in [1.165, 1.54) is 0 Å². The number of aromatic nitrogens is 2. The van der Waals surface area contributed by atoms with Crippen LogP contribution < -0.4 is 0 Å². The first-order valence-corrected chi connectivity index (χ1v) is 7.34. The Hall–Kier alpha value is -1.39. The molecule has 0 spiro atoms. The van der Waals surface area contributed by atoms with Gasteiger partial charge in [0.15, 0.2) is 0 Å². The molecule has 0 radical (unpaired) electrons. The van der Waals surface area contributed by atoms with Crippen molar-refractivity contribution in [1.82, 2.24) is 9.55 Å². The summed E-state index contributed by atoms with van der Waals surface area (Å²) >= 11 is 0. The second-order valence-electron chi connectivity index (χ2n) is 5.84. The highest BCUT2D eigenvalue weighted by Gasteiger charge is 2.43. The lowest BCUT2D eigenvalue weighted by molar-refractivity contribution is -0.127. The second-order valence-corrected chi connectivity index (χ2v) is 5.84. The van der Waals surface area contributed by atoms with Gasteiger partial charge in [-0.1, -0.05) is 19.1 Å². The average molecular weight is 274 g/mol. The zero-order chi connectivity index (χ0) is 14.2. The Morgan fingerprint density at radius 1 is 1.40 bits per heavy atom. The van der Waals surface area contributed by atoms with E-state index in [4.69, 9.17) is 9.72 Å². The predicted octanol–water partition coefficient (Wildman–Crippen LogP) is 2.53. The third kappa shape index (κ3) is 2.34. The average Bonchev–Trinajstić information content (AvgIpc) is 2.74. The van der Waals surface area contributed by atoms with Crippen molar-refractivity contribution in [2.75, 3.05) is 7.11 Å². The summed E-state index contributed by atoms with van der Waals surface area (Å²) in [4.78, 5) is 4.71. The van der Waals surface area contributed by atoms with E-state index < -0.39 is 5.60 Å². The largest absolute Gasteiger partial charge is 0.389 e. The number of aliphatic hydroxyl groups is 1. The number of ether oxygens (including phenoxy) is 1. The number of hydrogen-bond acceptors (Lipinski definition) is 3. The minimum Gasteiger partial charge on any atom is -0.389 e. The van der Waals surface area contributed by atoms with Crippen LogP contribution in [-0.4, -0.2) is 33.5 Å². The number of aryl methyl sites for hydroxylation is 1. The van der Waals surface area contributed by atoms with Gasteiger partial charge >= 0.3 is 0 Å². The fraction of sp³-hybridized carbons (Fsp3) is 0.562. The first-order chi connectivity index (χ1) is 9.65. The van der Waals surface area contributed by atoms with E-state index in [-0.39, 0.29) is 6.10 Å². The van der Waals surface area contributed by atoms with E-state index in [0.29, 0.717) is 19.3 Å². The maximum absolute atomic E-state index is 10.5. The summed E-state index contributed by atoms with van der Waals surface area (Å²) < 4.78 is 7.51. The zero-order valence-electron chi connectivity index (χ0n) is 12.2. The van der Waals surface area contributed by atoms with E-state index >= 15 is 0 Å². The van der Waals surface area contributed by atoms with Gasteiger partial charge in [0.1, 0.15) is 5.82 Å². The van der Waals surface area contributed by atoms with Gasteiger partial charge in [0.05, 0.1) is 22.7 Å². The Balaban J connectivity index is 1.89. The van der Waals surface area contributed by atoms with E-state index in [2.05, 4.69) is 17.6 Å². The first-order valence-electron chi connectivity index (χ1n) is 7.34. The van der Waals surface area contributed by atoms with Gasteiger partial charge in [-0.05, 0) is 18.6 Å². The monoisotopic (exact) mass is 274 g/mol. The number of benzene rings is 1. The van der Waals surface area contributed by atoms with E-state index in [0.717, 1.165) is 29.8 Å². The molecule has 4 nitrogen and oxygen atoms in total. The Morgan fingerprint density at radius 2 is 2.15 bits per heavy atom. The first kappa shape index (κ1) is 13.6. The van der Waals surface area contributed by atoms with Crippen molar-refractivity contribution in [3.8, 4) is 0 Å². The Bertz CT molecular complexity index is 600. The molecular formula is C16H22N2O2. The smallest absolute Gasteiger partial charge is 0.112 e. The lowest BCUT2D eigenvalue weighted by Gasteiger charge is -2.42. The molecule has 0 aliphatic heterocycles. The van der Waals surface area contributed by atoms with Crippen LogP contribution in [0.15, 0.2) is 24.3 Å². The van der Waals surface area contributed by atoms with Crippen LogP contribution in [0.4, 0.5) is 0 Å². The third-order valence-electron chi connectivity index (χ3n) is 4.22. The molecule has 2 aromatic rings. The lowest BCUT2D eigenvalue weighted by atomic mass is 9.75. The molecule has 1 aliphatic carbocycles. The highest BCUT2D eigenvalue weighted by atomic mass is 16.5. The van der Waals surface area contributed by atoms with Gasteiger partial charge in [0.25, 0.3) is 0 Å². The summed E-state index contributed by atoms with van der Waals surface area (Å²) in [5, 5.41) is 10.5. The van der Waals surface area contributed by atoms with Crippen molar-refractivity contribution in [3.63, 3.8) is 0 Å². The van der Waals surface area contributed by atoms with Gasteiger partial charge in [-0.15, -0.1) is 0 Å². The number of fused-ring (bicyclic) bond motifs is 1. The molecule has 0 saturated heterocycles. The summed E-state index contributed by atoms with van der Waals surface area (Å²) in [6, 6.07) is 8.19. The van der Waals surface area contributed by atoms with Crippen LogP contribution in [0.5, 0.6) is 0 Å². The van der Waals surface area contributed by atoms with Crippen molar-refractivity contribution in [1.29, 1.82) is 0 Å². The standard InChI is InChI=1S/C16H22N2O2/c1-3-8-18-14-7-5-4-6-13(14)17-15(18)11-16(19)9-12(10-16)20-2/h4-7,12,19H,3,8-11H2,1-2H3. The number of hydrogen-bond donors (Lipinski definition) is 1. The van der Waals surface area contributed by atoms with E-state index in [1.807, 2.05) is 18.2 Å². The number of imidazole rings is 1. The quantitative estimate of drug-likeness (QED) is 0.911. The molecule has 3 rings (SSSR count). The van der Waals surface area contributed by atoms with Gasteiger partial charge in [0, 0.05) is 32.9 Å². The van der Waals surface area contributed by atoms with Crippen molar-refractivity contribution in [3.05, 3.63) is 30.1 Å². The second kappa shape index (κ2) is 5.19. The topological polar surface area (TPSA) is 47.3 Å². The molecule has 0 amide bonds. The van der Waals surface area contributed by atoms with Gasteiger partial charge < -0.3 is 14.4 Å². The van der Waals surface area contributed by atoms with Crippen LogP contribution in [0.3, 0.4) is 0 Å². The van der Waals surface area contributed by atoms with Gasteiger partial charge in [-0.2, -0.15) is 0 Å². The molecule has 1 heterocycles. The highest BCUT2D eigenvalue weighted by molar-refractivity contribution is 5.75. The lowest BCUT2D eigenvalue weighted by Crippen LogP contribution is -2.50.